The SMILES string of the molecule is CCc1nc2cc(CC(C)=O)ccc2n1C. The quantitative estimate of drug-likeness (QED) is 0.788. The fourth-order valence-electron chi connectivity index (χ4n) is 2.01. The van der Waals surface area contributed by atoms with Gasteiger partial charge in [0.2, 0.25) is 0 Å². The molecule has 2 aromatic rings. The Balaban J connectivity index is 2.50. The largest absolute Gasteiger partial charge is 0.331 e. The van der Waals surface area contributed by atoms with Gasteiger partial charge in [0.15, 0.2) is 0 Å². The first-order valence-electron chi connectivity index (χ1n) is 5.55. The smallest absolute Gasteiger partial charge is 0.134 e. The van der Waals surface area contributed by atoms with Crippen LogP contribution in [0.4, 0.5) is 0 Å². The number of carbonyl (C=O) groups is 1. The molecule has 0 N–H and O–H groups in total. The van der Waals surface area contributed by atoms with Gasteiger partial charge in [0.1, 0.15) is 11.6 Å². The molecule has 0 radical (unpaired) electrons. The van der Waals surface area contributed by atoms with E-state index < -0.39 is 0 Å². The minimum absolute atomic E-state index is 0.186. The van der Waals surface area contributed by atoms with Crippen LogP contribution >= 0.6 is 0 Å². The Labute approximate surface area is 95.1 Å². The maximum Gasteiger partial charge on any atom is 0.134 e. The summed E-state index contributed by atoms with van der Waals surface area (Å²) in [5.74, 6) is 1.26. The summed E-state index contributed by atoms with van der Waals surface area (Å²) in [5, 5.41) is 0. The number of hydrogen-bond acceptors (Lipinski definition) is 2. The molecule has 1 heterocycles. The van der Waals surface area contributed by atoms with Gasteiger partial charge in [0.05, 0.1) is 11.0 Å². The van der Waals surface area contributed by atoms with Crippen LogP contribution in [0.1, 0.15) is 25.2 Å². The van der Waals surface area contributed by atoms with E-state index in [2.05, 4.69) is 16.5 Å². The fourth-order valence-corrected chi connectivity index (χ4v) is 2.01. The molecule has 2 rings (SSSR count). The molecule has 3 nitrogen and oxygen atoms in total. The third-order valence-electron chi connectivity index (χ3n) is 2.81. The molecule has 0 aliphatic heterocycles. The summed E-state index contributed by atoms with van der Waals surface area (Å²) in [6, 6.07) is 6.06. The van der Waals surface area contributed by atoms with Crippen LogP contribution < -0.4 is 0 Å². The van der Waals surface area contributed by atoms with Gasteiger partial charge in [0, 0.05) is 19.9 Å². The molecule has 0 amide bonds. The van der Waals surface area contributed by atoms with Crippen LogP contribution in [-0.4, -0.2) is 15.3 Å². The maximum absolute atomic E-state index is 11.1. The van der Waals surface area contributed by atoms with Gasteiger partial charge >= 0.3 is 0 Å². The zero-order chi connectivity index (χ0) is 11.7. The second-order valence-corrected chi connectivity index (χ2v) is 4.14. The van der Waals surface area contributed by atoms with Crippen LogP contribution in [0.2, 0.25) is 0 Å². The van der Waals surface area contributed by atoms with E-state index in [0.717, 1.165) is 28.8 Å². The zero-order valence-corrected chi connectivity index (χ0v) is 9.95. The first-order valence-corrected chi connectivity index (χ1v) is 5.55. The predicted octanol–water partition coefficient (Wildman–Crippen LogP) is 2.27. The van der Waals surface area contributed by atoms with Gasteiger partial charge in [-0.2, -0.15) is 0 Å². The van der Waals surface area contributed by atoms with Crippen LogP contribution in [-0.2, 0) is 24.7 Å². The number of carbonyl (C=O) groups excluding carboxylic acids is 1. The lowest BCUT2D eigenvalue weighted by Gasteiger charge is -1.99. The molecule has 0 spiro atoms. The van der Waals surface area contributed by atoms with Crippen LogP contribution in [0.25, 0.3) is 11.0 Å². The number of benzene rings is 1. The molecule has 1 aromatic carbocycles. The third-order valence-corrected chi connectivity index (χ3v) is 2.81. The first kappa shape index (κ1) is 10.9. The van der Waals surface area contributed by atoms with E-state index >= 15 is 0 Å². The van der Waals surface area contributed by atoms with Crippen molar-refractivity contribution in [3.63, 3.8) is 0 Å². The maximum atomic E-state index is 11.1. The van der Waals surface area contributed by atoms with Gasteiger partial charge in [-0.1, -0.05) is 13.0 Å². The van der Waals surface area contributed by atoms with E-state index in [1.807, 2.05) is 25.2 Å². The normalized spacial score (nSPS) is 10.9. The number of imidazole rings is 1. The lowest BCUT2D eigenvalue weighted by molar-refractivity contribution is -0.116. The lowest BCUT2D eigenvalue weighted by atomic mass is 10.1. The standard InChI is InChI=1S/C13H16N2O/c1-4-13-14-11-8-10(7-9(2)16)5-6-12(11)15(13)3/h5-6,8H,4,7H2,1-3H3. The molecule has 0 saturated carbocycles. The fraction of sp³-hybridized carbons (Fsp3) is 0.385. The number of hydrogen-bond donors (Lipinski definition) is 0. The highest BCUT2D eigenvalue weighted by Crippen LogP contribution is 2.17. The van der Waals surface area contributed by atoms with Crippen molar-refractivity contribution in [2.75, 3.05) is 0 Å². The highest BCUT2D eigenvalue weighted by atomic mass is 16.1. The number of Topliss-reactive ketones (excluding diaryl/α,β-unsaturated/α-hetero) is 1. The minimum atomic E-state index is 0.186. The summed E-state index contributed by atoms with van der Waals surface area (Å²) in [6.45, 7) is 3.71. The number of aromatic nitrogens is 2. The molecular weight excluding hydrogens is 200 g/mol. The van der Waals surface area contributed by atoms with Crippen molar-refractivity contribution < 1.29 is 4.79 Å². The van der Waals surface area contributed by atoms with Gasteiger partial charge < -0.3 is 4.57 Å². The highest BCUT2D eigenvalue weighted by Gasteiger charge is 2.07. The van der Waals surface area contributed by atoms with Crippen molar-refractivity contribution in [1.82, 2.24) is 9.55 Å². The molecular formula is C13H16N2O. The lowest BCUT2D eigenvalue weighted by Crippen LogP contribution is -1.96. The van der Waals surface area contributed by atoms with Gasteiger partial charge in [-0.15, -0.1) is 0 Å². The van der Waals surface area contributed by atoms with Crippen molar-refractivity contribution in [1.29, 1.82) is 0 Å². The molecule has 0 atom stereocenters. The number of rotatable bonds is 3. The third kappa shape index (κ3) is 1.85. The van der Waals surface area contributed by atoms with Gasteiger partial charge in [-0.25, -0.2) is 4.98 Å². The average molecular weight is 216 g/mol. The summed E-state index contributed by atoms with van der Waals surface area (Å²) in [5.41, 5.74) is 3.16. The monoisotopic (exact) mass is 216 g/mol. The van der Waals surface area contributed by atoms with Crippen molar-refractivity contribution in [3.05, 3.63) is 29.6 Å². The Kier molecular flexibility index (Phi) is 2.77. The predicted molar refractivity (Wildman–Crippen MR) is 64.5 cm³/mol. The molecule has 3 heteroatoms. The molecule has 0 saturated heterocycles. The van der Waals surface area contributed by atoms with E-state index in [-0.39, 0.29) is 5.78 Å². The van der Waals surface area contributed by atoms with E-state index in [4.69, 9.17) is 0 Å². The first-order chi connectivity index (χ1) is 7.61. The molecule has 1 aromatic heterocycles. The second-order valence-electron chi connectivity index (χ2n) is 4.14. The van der Waals surface area contributed by atoms with Crippen molar-refractivity contribution in [3.8, 4) is 0 Å². The van der Waals surface area contributed by atoms with E-state index in [9.17, 15) is 4.79 Å². The number of ketones is 1. The van der Waals surface area contributed by atoms with Crippen LogP contribution in [0.3, 0.4) is 0 Å². The Morgan fingerprint density at radius 2 is 2.19 bits per heavy atom. The Morgan fingerprint density at radius 1 is 1.44 bits per heavy atom. The number of nitrogens with zero attached hydrogens (tertiary/aromatic N) is 2. The minimum Gasteiger partial charge on any atom is -0.331 e. The van der Waals surface area contributed by atoms with Gasteiger partial charge in [0.25, 0.3) is 0 Å². The highest BCUT2D eigenvalue weighted by molar-refractivity contribution is 5.81. The zero-order valence-electron chi connectivity index (χ0n) is 9.95. The second kappa shape index (κ2) is 4.08. The molecule has 0 bridgehead atoms. The van der Waals surface area contributed by atoms with Crippen LogP contribution in [0.5, 0.6) is 0 Å². The van der Waals surface area contributed by atoms with E-state index in [0.29, 0.717) is 6.42 Å². The molecule has 0 unspecified atom stereocenters. The number of aryl methyl sites for hydroxylation is 2. The Hall–Kier alpha value is -1.64. The van der Waals surface area contributed by atoms with Gasteiger partial charge in [-0.3, -0.25) is 4.79 Å². The van der Waals surface area contributed by atoms with Crippen molar-refractivity contribution in [2.45, 2.75) is 26.7 Å². The summed E-state index contributed by atoms with van der Waals surface area (Å²) in [4.78, 5) is 15.6. The molecule has 0 aliphatic rings. The summed E-state index contributed by atoms with van der Waals surface area (Å²) < 4.78 is 2.10. The van der Waals surface area contributed by atoms with Gasteiger partial charge in [-0.05, 0) is 24.6 Å². The van der Waals surface area contributed by atoms with Crippen molar-refractivity contribution >= 4 is 16.8 Å². The van der Waals surface area contributed by atoms with E-state index in [1.165, 1.54) is 0 Å². The summed E-state index contributed by atoms with van der Waals surface area (Å²) >= 11 is 0. The Morgan fingerprint density at radius 3 is 2.81 bits per heavy atom. The van der Waals surface area contributed by atoms with Crippen LogP contribution in [0, 0.1) is 0 Å². The molecule has 0 aliphatic carbocycles. The molecule has 16 heavy (non-hydrogen) atoms. The Bertz CT molecular complexity index is 540. The summed E-state index contributed by atoms with van der Waals surface area (Å²) in [7, 11) is 2.03. The number of fused-ring (bicyclic) bond motifs is 1. The summed E-state index contributed by atoms with van der Waals surface area (Å²) in [6.07, 6.45) is 1.42. The van der Waals surface area contributed by atoms with Crippen molar-refractivity contribution in [2.24, 2.45) is 7.05 Å². The topological polar surface area (TPSA) is 34.9 Å². The molecule has 0 fully saturated rings. The van der Waals surface area contributed by atoms with Crippen LogP contribution in [0.15, 0.2) is 18.2 Å². The van der Waals surface area contributed by atoms with E-state index in [1.54, 1.807) is 6.92 Å². The average Bonchev–Trinajstić information content (AvgIpc) is 2.54. The molecule has 84 valence electrons.